The lowest BCUT2D eigenvalue weighted by Crippen LogP contribution is -1.89. The summed E-state index contributed by atoms with van der Waals surface area (Å²) in [6.45, 7) is 0. The first-order chi connectivity index (χ1) is 12.7. The van der Waals surface area contributed by atoms with Crippen LogP contribution in [0.25, 0.3) is 22.6 Å². The Morgan fingerprint density at radius 2 is 1.73 bits per heavy atom. The van der Waals surface area contributed by atoms with E-state index in [1.54, 1.807) is 19.2 Å². The average Bonchev–Trinajstić information content (AvgIpc) is 3.33. The zero-order valence-electron chi connectivity index (χ0n) is 13.8. The fourth-order valence-electron chi connectivity index (χ4n) is 2.46. The summed E-state index contributed by atoms with van der Waals surface area (Å²) in [5.74, 6) is 1.42. The van der Waals surface area contributed by atoms with Gasteiger partial charge in [-0.05, 0) is 48.5 Å². The third-order valence-corrected chi connectivity index (χ3v) is 4.66. The monoisotopic (exact) mass is 367 g/mol. The highest BCUT2D eigenvalue weighted by Gasteiger charge is 2.12. The fourth-order valence-corrected chi connectivity index (χ4v) is 3.25. The lowest BCUT2D eigenvalue weighted by molar-refractivity contribution is 0.385. The van der Waals surface area contributed by atoms with Crippen LogP contribution in [0.1, 0.15) is 10.9 Å². The minimum atomic E-state index is -0.300. The first-order valence-corrected chi connectivity index (χ1v) is 8.76. The van der Waals surface area contributed by atoms with E-state index in [9.17, 15) is 4.39 Å². The molecular weight excluding hydrogens is 353 g/mol. The number of halogens is 1. The number of ether oxygens (including phenoxy) is 1. The van der Waals surface area contributed by atoms with Gasteiger partial charge < -0.3 is 9.26 Å². The molecule has 0 spiro atoms. The van der Waals surface area contributed by atoms with E-state index in [4.69, 9.17) is 9.26 Å². The molecule has 2 aromatic carbocycles. The van der Waals surface area contributed by atoms with Gasteiger partial charge in [0.2, 0.25) is 11.7 Å². The molecule has 0 aliphatic heterocycles. The molecule has 0 fully saturated rings. The van der Waals surface area contributed by atoms with E-state index in [0.29, 0.717) is 23.7 Å². The molecule has 0 unspecified atom stereocenters. The van der Waals surface area contributed by atoms with Crippen LogP contribution in [0.5, 0.6) is 5.75 Å². The van der Waals surface area contributed by atoms with Crippen LogP contribution in [0.4, 0.5) is 4.39 Å². The number of thiazole rings is 1. The van der Waals surface area contributed by atoms with E-state index in [1.165, 1.54) is 23.5 Å². The second kappa shape index (κ2) is 7.05. The summed E-state index contributed by atoms with van der Waals surface area (Å²) in [6.07, 6.45) is 0.453. The van der Waals surface area contributed by atoms with Gasteiger partial charge >= 0.3 is 0 Å². The van der Waals surface area contributed by atoms with Crippen LogP contribution in [0, 0.1) is 5.82 Å². The molecule has 0 aliphatic carbocycles. The zero-order valence-corrected chi connectivity index (χ0v) is 14.7. The Morgan fingerprint density at radius 1 is 1.00 bits per heavy atom. The predicted octanol–water partition coefficient (Wildman–Crippen LogP) is 4.60. The topological polar surface area (TPSA) is 61.0 Å². The third kappa shape index (κ3) is 3.48. The minimum absolute atomic E-state index is 0.300. The number of aromatic nitrogens is 3. The van der Waals surface area contributed by atoms with E-state index in [2.05, 4.69) is 15.1 Å². The SMILES string of the molecule is COc1ccc(-c2csc(Cc3nc(-c4ccc(F)cc4)no3)n2)cc1. The maximum absolute atomic E-state index is 13.0. The second-order valence-corrected chi connectivity index (χ2v) is 6.49. The molecule has 0 saturated carbocycles. The molecule has 0 N–H and O–H groups in total. The van der Waals surface area contributed by atoms with Gasteiger partial charge in [0.05, 0.1) is 19.2 Å². The van der Waals surface area contributed by atoms with Gasteiger partial charge in [0.25, 0.3) is 0 Å². The predicted molar refractivity (Wildman–Crippen MR) is 96.6 cm³/mol. The van der Waals surface area contributed by atoms with Gasteiger partial charge in [0, 0.05) is 16.5 Å². The minimum Gasteiger partial charge on any atom is -0.497 e. The summed E-state index contributed by atoms with van der Waals surface area (Å²) in [5, 5.41) is 6.82. The van der Waals surface area contributed by atoms with Crippen molar-refractivity contribution in [3.63, 3.8) is 0 Å². The Bertz CT molecular complexity index is 1010. The highest BCUT2D eigenvalue weighted by molar-refractivity contribution is 7.10. The van der Waals surface area contributed by atoms with E-state index < -0.39 is 0 Å². The molecule has 0 saturated heterocycles. The quantitative estimate of drug-likeness (QED) is 0.516. The second-order valence-electron chi connectivity index (χ2n) is 5.55. The highest BCUT2D eigenvalue weighted by atomic mass is 32.1. The molecule has 0 aliphatic rings. The summed E-state index contributed by atoms with van der Waals surface area (Å²) in [5.41, 5.74) is 2.62. The average molecular weight is 367 g/mol. The van der Waals surface area contributed by atoms with Gasteiger partial charge in [0.15, 0.2) is 0 Å². The number of nitrogens with zero attached hydrogens (tertiary/aromatic N) is 3. The largest absolute Gasteiger partial charge is 0.497 e. The first-order valence-electron chi connectivity index (χ1n) is 7.88. The van der Waals surface area contributed by atoms with Crippen molar-refractivity contribution < 1.29 is 13.7 Å². The van der Waals surface area contributed by atoms with Crippen molar-refractivity contribution in [1.82, 2.24) is 15.1 Å². The first kappa shape index (κ1) is 16.4. The Balaban J connectivity index is 1.49. The Morgan fingerprint density at radius 3 is 2.46 bits per heavy atom. The summed E-state index contributed by atoms with van der Waals surface area (Å²) in [7, 11) is 1.64. The van der Waals surface area contributed by atoms with Crippen molar-refractivity contribution in [3.8, 4) is 28.4 Å². The molecule has 7 heteroatoms. The van der Waals surface area contributed by atoms with Gasteiger partial charge in [-0.15, -0.1) is 11.3 Å². The van der Waals surface area contributed by atoms with Crippen molar-refractivity contribution in [1.29, 1.82) is 0 Å². The zero-order chi connectivity index (χ0) is 17.9. The molecule has 130 valence electrons. The highest BCUT2D eigenvalue weighted by Crippen LogP contribution is 2.25. The molecule has 0 bridgehead atoms. The van der Waals surface area contributed by atoms with Crippen LogP contribution in [-0.4, -0.2) is 22.2 Å². The Labute approximate surface area is 153 Å². The van der Waals surface area contributed by atoms with Crippen LogP contribution in [-0.2, 0) is 6.42 Å². The molecule has 0 amide bonds. The third-order valence-electron chi connectivity index (χ3n) is 3.81. The molecule has 2 aromatic heterocycles. The number of hydrogen-bond donors (Lipinski definition) is 0. The van der Waals surface area contributed by atoms with Gasteiger partial charge in [-0.2, -0.15) is 4.98 Å². The summed E-state index contributed by atoms with van der Waals surface area (Å²) < 4.78 is 23.5. The number of benzene rings is 2. The van der Waals surface area contributed by atoms with Crippen LogP contribution < -0.4 is 4.74 Å². The molecule has 2 heterocycles. The van der Waals surface area contributed by atoms with Crippen LogP contribution in [0.15, 0.2) is 58.4 Å². The molecule has 26 heavy (non-hydrogen) atoms. The molecule has 4 aromatic rings. The van der Waals surface area contributed by atoms with Crippen molar-refractivity contribution in [2.75, 3.05) is 7.11 Å². The molecular formula is C19H14FN3O2S. The van der Waals surface area contributed by atoms with E-state index in [1.807, 2.05) is 29.6 Å². The van der Waals surface area contributed by atoms with Crippen molar-refractivity contribution in [3.05, 3.63) is 70.6 Å². The molecule has 4 rings (SSSR count). The molecule has 0 radical (unpaired) electrons. The van der Waals surface area contributed by atoms with Gasteiger partial charge in [-0.1, -0.05) is 5.16 Å². The Hall–Kier alpha value is -3.06. The maximum Gasteiger partial charge on any atom is 0.233 e. The summed E-state index contributed by atoms with van der Waals surface area (Å²) in [4.78, 5) is 8.99. The maximum atomic E-state index is 13.0. The van der Waals surface area contributed by atoms with Gasteiger partial charge in [-0.25, -0.2) is 9.37 Å². The van der Waals surface area contributed by atoms with Gasteiger partial charge in [-0.3, -0.25) is 0 Å². The smallest absolute Gasteiger partial charge is 0.233 e. The molecule has 0 atom stereocenters. The number of methoxy groups -OCH3 is 1. The standard InChI is InChI=1S/C19H14FN3O2S/c1-24-15-8-4-12(5-9-15)16-11-26-18(21-16)10-17-22-19(23-25-17)13-2-6-14(20)7-3-13/h2-9,11H,10H2,1H3. The fraction of sp³-hybridized carbons (Fsp3) is 0.105. The van der Waals surface area contributed by atoms with Crippen LogP contribution in [0.2, 0.25) is 0 Å². The number of hydrogen-bond acceptors (Lipinski definition) is 6. The van der Waals surface area contributed by atoms with Crippen molar-refractivity contribution >= 4 is 11.3 Å². The van der Waals surface area contributed by atoms with Crippen LogP contribution in [0.3, 0.4) is 0 Å². The van der Waals surface area contributed by atoms with E-state index >= 15 is 0 Å². The van der Waals surface area contributed by atoms with E-state index in [-0.39, 0.29) is 5.82 Å². The normalized spacial score (nSPS) is 10.8. The van der Waals surface area contributed by atoms with Crippen molar-refractivity contribution in [2.45, 2.75) is 6.42 Å². The summed E-state index contributed by atoms with van der Waals surface area (Å²) in [6, 6.07) is 13.7. The Kier molecular flexibility index (Phi) is 4.45. The molecule has 5 nitrogen and oxygen atoms in total. The lowest BCUT2D eigenvalue weighted by Gasteiger charge is -2.00. The lowest BCUT2D eigenvalue weighted by atomic mass is 10.2. The van der Waals surface area contributed by atoms with Crippen LogP contribution >= 0.6 is 11.3 Å². The van der Waals surface area contributed by atoms with E-state index in [0.717, 1.165) is 22.0 Å². The summed E-state index contributed by atoms with van der Waals surface area (Å²) >= 11 is 1.54. The van der Waals surface area contributed by atoms with Gasteiger partial charge in [0.1, 0.15) is 16.6 Å². The van der Waals surface area contributed by atoms with Crippen molar-refractivity contribution in [2.24, 2.45) is 0 Å². The number of rotatable bonds is 5.